The highest BCUT2D eigenvalue weighted by atomic mass is 35.5. The van der Waals surface area contributed by atoms with E-state index in [1.807, 2.05) is 17.0 Å². The van der Waals surface area contributed by atoms with Gasteiger partial charge in [-0.3, -0.25) is 14.4 Å². The van der Waals surface area contributed by atoms with Crippen LogP contribution in [0.3, 0.4) is 0 Å². The van der Waals surface area contributed by atoms with Gasteiger partial charge in [-0.1, -0.05) is 17.7 Å². The Kier molecular flexibility index (Phi) is 7.64. The quantitative estimate of drug-likeness (QED) is 0.484. The number of aromatic nitrogens is 1. The SMILES string of the molecule is NC(=O)Cc1ccc(Cl)c(NC(=O)c2csc(C3CCN(C(=O)CCc4ccco4)CC3)n2)c1. The standard InChI is InChI=1S/C24H25ClN4O4S/c25-18-5-3-15(13-21(26)30)12-19(18)27-23(32)20-14-34-24(28-20)16-7-9-29(10-8-16)22(31)6-4-17-2-1-11-33-17/h1-3,5,11-12,14,16H,4,6-10,13H2,(H2,26,30)(H,27,32). The Balaban J connectivity index is 1.31. The summed E-state index contributed by atoms with van der Waals surface area (Å²) < 4.78 is 5.30. The molecule has 0 unspecified atom stereocenters. The molecule has 0 spiro atoms. The molecule has 34 heavy (non-hydrogen) atoms. The maximum Gasteiger partial charge on any atom is 0.275 e. The van der Waals surface area contributed by atoms with Gasteiger partial charge in [0.05, 0.1) is 28.4 Å². The molecular formula is C24H25ClN4O4S. The Morgan fingerprint density at radius 1 is 1.24 bits per heavy atom. The molecule has 3 heterocycles. The van der Waals surface area contributed by atoms with Crippen molar-refractivity contribution in [1.82, 2.24) is 9.88 Å². The van der Waals surface area contributed by atoms with Crippen LogP contribution < -0.4 is 11.1 Å². The van der Waals surface area contributed by atoms with Crippen LogP contribution in [-0.2, 0) is 22.4 Å². The Labute approximate surface area is 206 Å². The van der Waals surface area contributed by atoms with E-state index in [0.29, 0.717) is 47.9 Å². The van der Waals surface area contributed by atoms with Crippen molar-refractivity contribution < 1.29 is 18.8 Å². The van der Waals surface area contributed by atoms with Gasteiger partial charge in [-0.25, -0.2) is 4.98 Å². The van der Waals surface area contributed by atoms with Crippen molar-refractivity contribution in [2.75, 3.05) is 18.4 Å². The van der Waals surface area contributed by atoms with Crippen LogP contribution in [0, 0.1) is 0 Å². The number of halogens is 1. The summed E-state index contributed by atoms with van der Waals surface area (Å²) in [7, 11) is 0. The molecule has 8 nitrogen and oxygen atoms in total. The largest absolute Gasteiger partial charge is 0.469 e. The van der Waals surface area contributed by atoms with Crippen LogP contribution in [-0.4, -0.2) is 40.7 Å². The molecule has 1 fully saturated rings. The molecule has 0 aliphatic carbocycles. The Morgan fingerprint density at radius 3 is 2.74 bits per heavy atom. The van der Waals surface area contributed by atoms with Crippen LogP contribution in [0.15, 0.2) is 46.4 Å². The van der Waals surface area contributed by atoms with Gasteiger partial charge in [0.15, 0.2) is 0 Å². The fraction of sp³-hybridized carbons (Fsp3) is 0.333. The van der Waals surface area contributed by atoms with E-state index in [0.717, 1.165) is 23.6 Å². The van der Waals surface area contributed by atoms with Crippen molar-refractivity contribution in [3.8, 4) is 0 Å². The van der Waals surface area contributed by atoms with Crippen molar-refractivity contribution in [2.45, 2.75) is 38.0 Å². The summed E-state index contributed by atoms with van der Waals surface area (Å²) in [4.78, 5) is 42.8. The fourth-order valence-electron chi connectivity index (χ4n) is 3.96. The van der Waals surface area contributed by atoms with E-state index in [1.165, 1.54) is 11.3 Å². The zero-order valence-electron chi connectivity index (χ0n) is 18.5. The number of carbonyl (C=O) groups excluding carboxylic acids is 3. The van der Waals surface area contributed by atoms with E-state index in [1.54, 1.807) is 29.8 Å². The van der Waals surface area contributed by atoms with Crippen molar-refractivity contribution in [3.63, 3.8) is 0 Å². The Bertz CT molecular complexity index is 1170. The molecule has 3 aromatic rings. The van der Waals surface area contributed by atoms with Gasteiger partial charge >= 0.3 is 0 Å². The summed E-state index contributed by atoms with van der Waals surface area (Å²) in [6, 6.07) is 8.64. The number of piperidine rings is 1. The van der Waals surface area contributed by atoms with Crippen molar-refractivity contribution in [1.29, 1.82) is 0 Å². The monoisotopic (exact) mass is 500 g/mol. The van der Waals surface area contributed by atoms with Gasteiger partial charge < -0.3 is 20.4 Å². The number of thiazole rings is 1. The van der Waals surface area contributed by atoms with Gasteiger partial charge in [0.25, 0.3) is 5.91 Å². The van der Waals surface area contributed by atoms with E-state index in [4.69, 9.17) is 21.8 Å². The molecule has 3 N–H and O–H groups in total. The number of nitrogens with zero attached hydrogens (tertiary/aromatic N) is 2. The maximum absolute atomic E-state index is 12.7. The summed E-state index contributed by atoms with van der Waals surface area (Å²) in [6.07, 6.45) is 4.33. The second-order valence-electron chi connectivity index (χ2n) is 8.22. The average molecular weight is 501 g/mol. The molecule has 0 radical (unpaired) electrons. The first kappa shape index (κ1) is 24.0. The Morgan fingerprint density at radius 2 is 2.03 bits per heavy atom. The molecule has 4 rings (SSSR count). The molecule has 2 aromatic heterocycles. The van der Waals surface area contributed by atoms with E-state index in [2.05, 4.69) is 10.3 Å². The van der Waals surface area contributed by atoms with Gasteiger partial charge in [0.1, 0.15) is 11.5 Å². The molecule has 10 heteroatoms. The molecule has 178 valence electrons. The van der Waals surface area contributed by atoms with Gasteiger partial charge in [0, 0.05) is 37.2 Å². The molecular weight excluding hydrogens is 476 g/mol. The minimum atomic E-state index is -0.464. The number of hydrogen-bond acceptors (Lipinski definition) is 6. The smallest absolute Gasteiger partial charge is 0.275 e. The van der Waals surface area contributed by atoms with Crippen LogP contribution in [0.4, 0.5) is 5.69 Å². The van der Waals surface area contributed by atoms with Crippen molar-refractivity contribution in [2.24, 2.45) is 5.73 Å². The molecule has 0 saturated carbocycles. The number of benzene rings is 1. The van der Waals surface area contributed by atoms with E-state index in [-0.39, 0.29) is 24.2 Å². The molecule has 3 amide bonds. The number of likely N-dealkylation sites (tertiary alicyclic amines) is 1. The lowest BCUT2D eigenvalue weighted by Crippen LogP contribution is -2.38. The van der Waals surface area contributed by atoms with E-state index >= 15 is 0 Å². The molecule has 1 aliphatic heterocycles. The van der Waals surface area contributed by atoms with E-state index < -0.39 is 5.91 Å². The molecule has 0 bridgehead atoms. The van der Waals surface area contributed by atoms with Gasteiger partial charge in [0.2, 0.25) is 11.8 Å². The third-order valence-corrected chi connectivity index (χ3v) is 7.11. The predicted octanol–water partition coefficient (Wildman–Crippen LogP) is 4.01. The predicted molar refractivity (Wildman–Crippen MR) is 130 cm³/mol. The zero-order chi connectivity index (χ0) is 24.1. The topological polar surface area (TPSA) is 119 Å². The normalized spacial score (nSPS) is 14.2. The third-order valence-electron chi connectivity index (χ3n) is 5.77. The second kappa shape index (κ2) is 10.8. The van der Waals surface area contributed by atoms with Crippen LogP contribution in [0.5, 0.6) is 0 Å². The number of nitrogens with one attached hydrogen (secondary N) is 1. The first-order valence-electron chi connectivity index (χ1n) is 11.0. The van der Waals surface area contributed by atoms with Crippen LogP contribution in [0.2, 0.25) is 5.02 Å². The minimum Gasteiger partial charge on any atom is -0.469 e. The summed E-state index contributed by atoms with van der Waals surface area (Å²) in [6.45, 7) is 1.34. The van der Waals surface area contributed by atoms with Gasteiger partial charge in [-0.15, -0.1) is 11.3 Å². The second-order valence-corrected chi connectivity index (χ2v) is 9.51. The minimum absolute atomic E-state index is 0.0605. The number of primary amides is 1. The summed E-state index contributed by atoms with van der Waals surface area (Å²) >= 11 is 7.64. The highest BCUT2D eigenvalue weighted by molar-refractivity contribution is 7.10. The fourth-order valence-corrected chi connectivity index (χ4v) is 5.10. The highest BCUT2D eigenvalue weighted by Crippen LogP contribution is 2.31. The number of carbonyl (C=O) groups is 3. The summed E-state index contributed by atoms with van der Waals surface area (Å²) in [5.74, 6) is 0.325. The lowest BCUT2D eigenvalue weighted by Gasteiger charge is -2.31. The average Bonchev–Trinajstić information content (AvgIpc) is 3.52. The summed E-state index contributed by atoms with van der Waals surface area (Å²) in [5, 5.41) is 5.75. The third kappa shape index (κ3) is 6.03. The van der Waals surface area contributed by atoms with Gasteiger partial charge in [-0.05, 0) is 42.7 Å². The summed E-state index contributed by atoms with van der Waals surface area (Å²) in [5.41, 5.74) is 6.63. The number of amides is 3. The number of anilines is 1. The van der Waals surface area contributed by atoms with Crippen molar-refractivity contribution in [3.05, 3.63) is 69.0 Å². The molecule has 1 saturated heterocycles. The molecule has 0 atom stereocenters. The number of nitrogens with two attached hydrogens (primary N) is 1. The number of furan rings is 1. The van der Waals surface area contributed by atoms with E-state index in [9.17, 15) is 14.4 Å². The maximum atomic E-state index is 12.7. The number of hydrogen-bond donors (Lipinski definition) is 2. The van der Waals surface area contributed by atoms with Crippen LogP contribution in [0.1, 0.15) is 52.0 Å². The zero-order valence-corrected chi connectivity index (χ0v) is 20.0. The highest BCUT2D eigenvalue weighted by Gasteiger charge is 2.26. The lowest BCUT2D eigenvalue weighted by molar-refractivity contribution is -0.132. The lowest BCUT2D eigenvalue weighted by atomic mass is 9.97. The Hall–Kier alpha value is -3.17. The van der Waals surface area contributed by atoms with Gasteiger partial charge in [-0.2, -0.15) is 0 Å². The number of rotatable bonds is 8. The van der Waals surface area contributed by atoms with Crippen LogP contribution in [0.25, 0.3) is 0 Å². The number of aryl methyl sites for hydroxylation is 1. The first-order valence-corrected chi connectivity index (χ1v) is 12.3. The van der Waals surface area contributed by atoms with Crippen molar-refractivity contribution >= 4 is 46.3 Å². The molecule has 1 aliphatic rings. The molecule has 1 aromatic carbocycles. The van der Waals surface area contributed by atoms with Crippen LogP contribution >= 0.6 is 22.9 Å². The first-order chi connectivity index (χ1) is 16.4.